The topological polar surface area (TPSA) is 66.8 Å². The molecule has 114 valence electrons. The maximum atomic E-state index is 12.2. The molecule has 1 fully saturated rings. The van der Waals surface area contributed by atoms with Crippen LogP contribution in [0.2, 0.25) is 0 Å². The smallest absolute Gasteiger partial charge is 0.410 e. The van der Waals surface area contributed by atoms with Crippen molar-refractivity contribution in [1.82, 2.24) is 4.90 Å². The fraction of sp³-hybridized carbons (Fsp3) is 0.500. The average molecular weight is 291 g/mol. The highest BCUT2D eigenvalue weighted by Crippen LogP contribution is 2.25. The SMILES string of the molecule is CC1CCC(CC(=O)O)CN1C(=O)OCc1ccccc1. The third-order valence-electron chi connectivity index (χ3n) is 3.88. The van der Waals surface area contributed by atoms with Crippen molar-refractivity contribution >= 4 is 12.1 Å². The second-order valence-electron chi connectivity index (χ2n) is 5.58. The second-order valence-corrected chi connectivity index (χ2v) is 5.58. The minimum absolute atomic E-state index is 0.0166. The summed E-state index contributed by atoms with van der Waals surface area (Å²) in [6.07, 6.45) is 1.41. The zero-order chi connectivity index (χ0) is 15.2. The third-order valence-corrected chi connectivity index (χ3v) is 3.88. The van der Waals surface area contributed by atoms with Gasteiger partial charge in [0.25, 0.3) is 0 Å². The Morgan fingerprint density at radius 2 is 2.00 bits per heavy atom. The van der Waals surface area contributed by atoms with Crippen LogP contribution in [0.15, 0.2) is 30.3 Å². The number of likely N-dealkylation sites (tertiary alicyclic amines) is 1. The van der Waals surface area contributed by atoms with Crippen molar-refractivity contribution in [3.63, 3.8) is 0 Å². The Morgan fingerprint density at radius 3 is 2.67 bits per heavy atom. The molecule has 5 heteroatoms. The van der Waals surface area contributed by atoms with E-state index in [-0.39, 0.29) is 31.1 Å². The number of amides is 1. The molecular formula is C16H21NO4. The number of carbonyl (C=O) groups excluding carboxylic acids is 1. The predicted octanol–water partition coefficient (Wildman–Crippen LogP) is 2.90. The van der Waals surface area contributed by atoms with E-state index in [9.17, 15) is 9.59 Å². The number of rotatable bonds is 4. The van der Waals surface area contributed by atoms with Gasteiger partial charge in [-0.15, -0.1) is 0 Å². The van der Waals surface area contributed by atoms with Crippen LogP contribution in [-0.2, 0) is 16.1 Å². The molecule has 1 aromatic carbocycles. The first-order chi connectivity index (χ1) is 10.1. The van der Waals surface area contributed by atoms with Crippen LogP contribution in [0.5, 0.6) is 0 Å². The van der Waals surface area contributed by atoms with Crippen molar-refractivity contribution in [2.24, 2.45) is 5.92 Å². The van der Waals surface area contributed by atoms with Gasteiger partial charge in [-0.05, 0) is 31.2 Å². The summed E-state index contributed by atoms with van der Waals surface area (Å²) in [5, 5.41) is 8.87. The summed E-state index contributed by atoms with van der Waals surface area (Å²) in [6.45, 7) is 2.67. The molecule has 1 aliphatic rings. The molecule has 2 atom stereocenters. The van der Waals surface area contributed by atoms with Crippen molar-refractivity contribution in [3.8, 4) is 0 Å². The molecule has 0 saturated carbocycles. The van der Waals surface area contributed by atoms with E-state index in [1.807, 2.05) is 37.3 Å². The Balaban J connectivity index is 1.88. The van der Waals surface area contributed by atoms with Crippen LogP contribution in [0.25, 0.3) is 0 Å². The zero-order valence-electron chi connectivity index (χ0n) is 12.2. The number of hydrogen-bond donors (Lipinski definition) is 1. The molecule has 1 heterocycles. The fourth-order valence-electron chi connectivity index (χ4n) is 2.65. The van der Waals surface area contributed by atoms with Crippen molar-refractivity contribution in [2.75, 3.05) is 6.54 Å². The summed E-state index contributed by atoms with van der Waals surface area (Å²) in [6, 6.07) is 9.61. The number of carboxylic acids is 1. The predicted molar refractivity (Wildman–Crippen MR) is 77.8 cm³/mol. The lowest BCUT2D eigenvalue weighted by atomic mass is 9.91. The monoisotopic (exact) mass is 291 g/mol. The standard InChI is InChI=1S/C16H21NO4/c1-12-7-8-14(9-15(18)19)10-17(12)16(20)21-11-13-5-3-2-4-6-13/h2-6,12,14H,7-11H2,1H3,(H,18,19). The summed E-state index contributed by atoms with van der Waals surface area (Å²) in [4.78, 5) is 24.6. The van der Waals surface area contributed by atoms with Crippen LogP contribution in [0, 0.1) is 5.92 Å². The minimum Gasteiger partial charge on any atom is -0.481 e. The molecule has 1 N–H and O–H groups in total. The first kappa shape index (κ1) is 15.4. The van der Waals surface area contributed by atoms with Gasteiger partial charge in [-0.25, -0.2) is 4.79 Å². The maximum Gasteiger partial charge on any atom is 0.410 e. The highest BCUT2D eigenvalue weighted by Gasteiger charge is 2.30. The molecule has 0 spiro atoms. The van der Waals surface area contributed by atoms with E-state index >= 15 is 0 Å². The van der Waals surface area contributed by atoms with Gasteiger partial charge in [0.15, 0.2) is 0 Å². The minimum atomic E-state index is -0.813. The molecule has 2 rings (SSSR count). The number of piperidine rings is 1. The first-order valence-corrected chi connectivity index (χ1v) is 7.25. The van der Waals surface area contributed by atoms with Crippen molar-refractivity contribution in [2.45, 2.75) is 38.8 Å². The van der Waals surface area contributed by atoms with Gasteiger partial charge >= 0.3 is 12.1 Å². The first-order valence-electron chi connectivity index (χ1n) is 7.25. The number of carbonyl (C=O) groups is 2. The molecule has 1 aromatic rings. The molecule has 0 radical (unpaired) electrons. The van der Waals surface area contributed by atoms with Gasteiger partial charge in [-0.3, -0.25) is 4.79 Å². The molecule has 0 bridgehead atoms. The van der Waals surface area contributed by atoms with E-state index in [1.165, 1.54) is 0 Å². The van der Waals surface area contributed by atoms with Gasteiger partial charge < -0.3 is 14.7 Å². The Labute approximate surface area is 124 Å². The van der Waals surface area contributed by atoms with Crippen LogP contribution in [0.4, 0.5) is 4.79 Å². The number of nitrogens with zero attached hydrogens (tertiary/aromatic N) is 1. The molecule has 21 heavy (non-hydrogen) atoms. The number of aliphatic carboxylic acids is 1. The summed E-state index contributed by atoms with van der Waals surface area (Å²) in [7, 11) is 0. The lowest BCUT2D eigenvalue weighted by Crippen LogP contribution is -2.46. The van der Waals surface area contributed by atoms with Crippen molar-refractivity contribution < 1.29 is 19.4 Å². The highest BCUT2D eigenvalue weighted by molar-refractivity contribution is 5.69. The van der Waals surface area contributed by atoms with Crippen LogP contribution >= 0.6 is 0 Å². The number of carboxylic acid groups (broad SMARTS) is 1. The van der Waals surface area contributed by atoms with Gasteiger partial charge in [0, 0.05) is 19.0 Å². The van der Waals surface area contributed by atoms with Crippen LogP contribution < -0.4 is 0 Å². The average Bonchev–Trinajstić information content (AvgIpc) is 2.47. The molecule has 1 saturated heterocycles. The number of ether oxygens (including phenoxy) is 1. The third kappa shape index (κ3) is 4.48. The lowest BCUT2D eigenvalue weighted by molar-refractivity contribution is -0.138. The largest absolute Gasteiger partial charge is 0.481 e. The van der Waals surface area contributed by atoms with E-state index in [1.54, 1.807) is 4.90 Å². The Bertz CT molecular complexity index is 488. The fourth-order valence-corrected chi connectivity index (χ4v) is 2.65. The van der Waals surface area contributed by atoms with Gasteiger partial charge in [-0.1, -0.05) is 30.3 Å². The molecule has 0 aliphatic carbocycles. The zero-order valence-corrected chi connectivity index (χ0v) is 12.2. The van der Waals surface area contributed by atoms with E-state index in [0.717, 1.165) is 18.4 Å². The molecule has 1 aliphatic heterocycles. The van der Waals surface area contributed by atoms with E-state index in [0.29, 0.717) is 6.54 Å². The second kappa shape index (κ2) is 7.11. The molecular weight excluding hydrogens is 270 g/mol. The molecule has 2 unspecified atom stereocenters. The van der Waals surface area contributed by atoms with E-state index in [2.05, 4.69) is 0 Å². The highest BCUT2D eigenvalue weighted by atomic mass is 16.6. The number of benzene rings is 1. The van der Waals surface area contributed by atoms with Crippen LogP contribution in [-0.4, -0.2) is 34.7 Å². The normalized spacial score (nSPS) is 21.9. The molecule has 0 aromatic heterocycles. The van der Waals surface area contributed by atoms with Gasteiger partial charge in [0.05, 0.1) is 0 Å². The summed E-state index contributed by atoms with van der Waals surface area (Å²) in [5.74, 6) is -0.796. The van der Waals surface area contributed by atoms with Gasteiger partial charge in [0.2, 0.25) is 0 Å². The van der Waals surface area contributed by atoms with Crippen molar-refractivity contribution in [3.05, 3.63) is 35.9 Å². The van der Waals surface area contributed by atoms with Crippen molar-refractivity contribution in [1.29, 1.82) is 0 Å². The molecule has 1 amide bonds. The van der Waals surface area contributed by atoms with Gasteiger partial charge in [-0.2, -0.15) is 0 Å². The van der Waals surface area contributed by atoms with E-state index in [4.69, 9.17) is 9.84 Å². The van der Waals surface area contributed by atoms with E-state index < -0.39 is 5.97 Å². The van der Waals surface area contributed by atoms with Crippen LogP contribution in [0.1, 0.15) is 31.7 Å². The maximum absolute atomic E-state index is 12.2. The Morgan fingerprint density at radius 1 is 1.29 bits per heavy atom. The summed E-state index contributed by atoms with van der Waals surface area (Å²) >= 11 is 0. The Kier molecular flexibility index (Phi) is 5.20. The van der Waals surface area contributed by atoms with Crippen LogP contribution in [0.3, 0.4) is 0 Å². The quantitative estimate of drug-likeness (QED) is 0.926. The Hall–Kier alpha value is -2.04. The van der Waals surface area contributed by atoms with Gasteiger partial charge in [0.1, 0.15) is 6.61 Å². The lowest BCUT2D eigenvalue weighted by Gasteiger charge is -2.36. The number of hydrogen-bond acceptors (Lipinski definition) is 3. The molecule has 5 nitrogen and oxygen atoms in total. The summed E-state index contributed by atoms with van der Waals surface area (Å²) < 4.78 is 5.33. The summed E-state index contributed by atoms with van der Waals surface area (Å²) in [5.41, 5.74) is 0.942.